The Morgan fingerprint density at radius 1 is 1.14 bits per heavy atom. The van der Waals surface area contributed by atoms with E-state index >= 15 is 0 Å². The first-order valence-electron chi connectivity index (χ1n) is 13.6. The van der Waals surface area contributed by atoms with Crippen LogP contribution < -0.4 is 9.47 Å². The van der Waals surface area contributed by atoms with E-state index in [2.05, 4.69) is 44.4 Å². The van der Waals surface area contributed by atoms with Gasteiger partial charge in [0.1, 0.15) is 11.5 Å². The highest BCUT2D eigenvalue weighted by Gasteiger charge is 2.39. The van der Waals surface area contributed by atoms with Crippen LogP contribution in [0.25, 0.3) is 5.69 Å². The molecule has 198 valence electrons. The van der Waals surface area contributed by atoms with Crippen LogP contribution in [0.5, 0.6) is 11.5 Å². The number of amides is 1. The number of carbonyl (C=O) groups excluding carboxylic acids is 1. The second kappa shape index (κ2) is 10.8. The lowest BCUT2D eigenvalue weighted by Crippen LogP contribution is -2.55. The van der Waals surface area contributed by atoms with Crippen LogP contribution in [0, 0.1) is 0 Å². The molecule has 7 heteroatoms. The zero-order chi connectivity index (χ0) is 26.0. The highest BCUT2D eigenvalue weighted by molar-refractivity contribution is 5.94. The maximum atomic E-state index is 14.0. The van der Waals surface area contributed by atoms with Crippen molar-refractivity contribution in [2.75, 3.05) is 26.9 Å². The third-order valence-electron chi connectivity index (χ3n) is 7.33. The molecule has 0 spiro atoms. The van der Waals surface area contributed by atoms with Crippen LogP contribution in [0.15, 0.2) is 12.1 Å². The molecule has 7 nitrogen and oxygen atoms in total. The van der Waals surface area contributed by atoms with Crippen molar-refractivity contribution in [2.45, 2.75) is 97.6 Å². The Morgan fingerprint density at radius 3 is 2.47 bits per heavy atom. The number of hydrogen-bond acceptors (Lipinski definition) is 5. The zero-order valence-corrected chi connectivity index (χ0v) is 23.1. The number of methoxy groups -OCH3 is 1. The summed E-state index contributed by atoms with van der Waals surface area (Å²) in [6.45, 7) is 14.3. The van der Waals surface area contributed by atoms with Crippen molar-refractivity contribution in [2.24, 2.45) is 0 Å². The van der Waals surface area contributed by atoms with Crippen LogP contribution in [-0.4, -0.2) is 58.9 Å². The Balaban J connectivity index is 1.90. The third kappa shape index (κ3) is 4.99. The summed E-state index contributed by atoms with van der Waals surface area (Å²) in [5.41, 5.74) is 3.52. The van der Waals surface area contributed by atoms with Crippen molar-refractivity contribution in [3.8, 4) is 17.2 Å². The number of nitrogens with zero attached hydrogens (tertiary/aromatic N) is 3. The van der Waals surface area contributed by atoms with Crippen molar-refractivity contribution >= 4 is 5.91 Å². The average molecular weight is 498 g/mol. The molecular weight excluding hydrogens is 454 g/mol. The fourth-order valence-electron chi connectivity index (χ4n) is 5.64. The molecule has 0 N–H and O–H groups in total. The first kappa shape index (κ1) is 26.5. The Morgan fingerprint density at radius 2 is 1.86 bits per heavy atom. The van der Waals surface area contributed by atoms with Crippen LogP contribution in [0.2, 0.25) is 0 Å². The van der Waals surface area contributed by atoms with Crippen LogP contribution >= 0.6 is 0 Å². The van der Waals surface area contributed by atoms with Gasteiger partial charge in [0.15, 0.2) is 11.5 Å². The van der Waals surface area contributed by atoms with E-state index in [9.17, 15) is 4.79 Å². The lowest BCUT2D eigenvalue weighted by molar-refractivity contribution is -0.0373. The van der Waals surface area contributed by atoms with E-state index in [0.717, 1.165) is 67.2 Å². The van der Waals surface area contributed by atoms with Gasteiger partial charge in [-0.3, -0.25) is 9.36 Å². The van der Waals surface area contributed by atoms with Gasteiger partial charge in [-0.2, -0.15) is 0 Å². The lowest BCUT2D eigenvalue weighted by Gasteiger charge is -2.41. The van der Waals surface area contributed by atoms with Gasteiger partial charge in [-0.25, -0.2) is 4.98 Å². The molecule has 1 fully saturated rings. The molecule has 1 aromatic heterocycles. The highest BCUT2D eigenvalue weighted by atomic mass is 16.5. The van der Waals surface area contributed by atoms with Crippen molar-refractivity contribution in [3.05, 3.63) is 34.9 Å². The molecule has 2 aliphatic rings. The van der Waals surface area contributed by atoms with Crippen LogP contribution in [0.4, 0.5) is 0 Å². The molecule has 2 aromatic rings. The van der Waals surface area contributed by atoms with Gasteiger partial charge in [0.05, 0.1) is 43.3 Å². The number of ether oxygens (including phenoxy) is 3. The van der Waals surface area contributed by atoms with Gasteiger partial charge in [0, 0.05) is 18.5 Å². The van der Waals surface area contributed by atoms with Crippen molar-refractivity contribution in [1.29, 1.82) is 0 Å². The quantitative estimate of drug-likeness (QED) is 0.445. The van der Waals surface area contributed by atoms with E-state index < -0.39 is 0 Å². The van der Waals surface area contributed by atoms with Gasteiger partial charge in [-0.05, 0) is 65.0 Å². The fraction of sp³-hybridized carbons (Fsp3) is 0.655. The summed E-state index contributed by atoms with van der Waals surface area (Å²) in [5.74, 6) is 2.78. The van der Waals surface area contributed by atoms with Crippen LogP contribution in [-0.2, 0) is 17.6 Å². The summed E-state index contributed by atoms with van der Waals surface area (Å²) in [5, 5.41) is 0. The Kier molecular flexibility index (Phi) is 7.98. The van der Waals surface area contributed by atoms with Crippen molar-refractivity contribution < 1.29 is 19.0 Å². The van der Waals surface area contributed by atoms with Gasteiger partial charge in [0.25, 0.3) is 5.91 Å². The summed E-state index contributed by atoms with van der Waals surface area (Å²) >= 11 is 0. The van der Waals surface area contributed by atoms with E-state index in [1.54, 1.807) is 7.11 Å². The molecule has 2 aliphatic heterocycles. The molecule has 36 heavy (non-hydrogen) atoms. The number of hydrogen-bond donors (Lipinski definition) is 0. The summed E-state index contributed by atoms with van der Waals surface area (Å²) in [7, 11) is 1.69. The van der Waals surface area contributed by atoms with Gasteiger partial charge in [-0.15, -0.1) is 0 Å². The predicted octanol–water partition coefficient (Wildman–Crippen LogP) is 5.70. The first-order chi connectivity index (χ1) is 17.2. The summed E-state index contributed by atoms with van der Waals surface area (Å²) in [4.78, 5) is 21.1. The second-order valence-electron chi connectivity index (χ2n) is 11.0. The summed E-state index contributed by atoms with van der Waals surface area (Å²) < 4.78 is 19.8. The fourth-order valence-corrected chi connectivity index (χ4v) is 5.64. The topological polar surface area (TPSA) is 65.8 Å². The number of aromatic nitrogens is 2. The molecule has 0 aliphatic carbocycles. The second-order valence-corrected chi connectivity index (χ2v) is 11.0. The molecular formula is C29H43N3O4. The van der Waals surface area contributed by atoms with Gasteiger partial charge >= 0.3 is 0 Å². The monoisotopic (exact) mass is 497 g/mol. The maximum Gasteiger partial charge on any atom is 0.274 e. The molecule has 4 rings (SSSR count). The Hall–Kier alpha value is -2.54. The van der Waals surface area contributed by atoms with Gasteiger partial charge in [0.2, 0.25) is 0 Å². The third-order valence-corrected chi connectivity index (χ3v) is 7.33. The Labute approximate surface area is 216 Å². The maximum absolute atomic E-state index is 14.0. The van der Waals surface area contributed by atoms with Crippen molar-refractivity contribution in [3.63, 3.8) is 0 Å². The minimum Gasteiger partial charge on any atom is -0.493 e. The SMILES string of the molecule is CCCC(CCC)c1nc(C(=O)N2CCOCC2(C)C)c2n1-c1cc(OC(C)C)c(OC)cc1CC2. The van der Waals surface area contributed by atoms with E-state index in [0.29, 0.717) is 31.4 Å². The van der Waals surface area contributed by atoms with Gasteiger partial charge < -0.3 is 19.1 Å². The van der Waals surface area contributed by atoms with E-state index in [-0.39, 0.29) is 17.6 Å². The van der Waals surface area contributed by atoms with E-state index in [1.165, 1.54) is 5.56 Å². The molecule has 3 heterocycles. The number of rotatable bonds is 9. The van der Waals surface area contributed by atoms with E-state index in [1.807, 2.05) is 18.7 Å². The number of morpholine rings is 1. The summed E-state index contributed by atoms with van der Waals surface area (Å²) in [6.07, 6.45) is 5.86. The van der Waals surface area contributed by atoms with Gasteiger partial charge in [-0.1, -0.05) is 26.7 Å². The molecule has 1 saturated heterocycles. The molecule has 0 radical (unpaired) electrons. The number of fused-ring (bicyclic) bond motifs is 3. The molecule has 0 unspecified atom stereocenters. The Bertz CT molecular complexity index is 1080. The number of aryl methyl sites for hydroxylation is 1. The minimum absolute atomic E-state index is 0.0145. The lowest BCUT2D eigenvalue weighted by atomic mass is 9.95. The van der Waals surface area contributed by atoms with E-state index in [4.69, 9.17) is 19.2 Å². The average Bonchev–Trinajstić information content (AvgIpc) is 3.22. The smallest absolute Gasteiger partial charge is 0.274 e. The number of carbonyl (C=O) groups is 1. The van der Waals surface area contributed by atoms with Crippen LogP contribution in [0.1, 0.15) is 101 Å². The molecule has 1 aromatic carbocycles. The first-order valence-corrected chi connectivity index (χ1v) is 13.6. The highest BCUT2D eigenvalue weighted by Crippen LogP contribution is 2.40. The number of imidazole rings is 1. The van der Waals surface area contributed by atoms with Crippen LogP contribution in [0.3, 0.4) is 0 Å². The molecule has 1 amide bonds. The number of benzene rings is 1. The largest absolute Gasteiger partial charge is 0.493 e. The zero-order valence-electron chi connectivity index (χ0n) is 23.1. The predicted molar refractivity (Wildman–Crippen MR) is 142 cm³/mol. The standard InChI is InChI=1S/C29H43N3O4/c1-8-10-20(11-9-2)27-30-26(28(33)31-14-15-35-18-29(31,5)6)22-13-12-21-16-24(34-7)25(36-19(3)4)17-23(21)32(22)27/h16-17,19-20H,8-15,18H2,1-7H3. The summed E-state index contributed by atoms with van der Waals surface area (Å²) in [6, 6.07) is 4.19. The minimum atomic E-state index is -0.365. The molecule has 0 saturated carbocycles. The molecule has 0 bridgehead atoms. The molecule has 0 atom stereocenters. The van der Waals surface area contributed by atoms with Crippen molar-refractivity contribution in [1.82, 2.24) is 14.5 Å². The normalized spacial score (nSPS) is 16.8.